The van der Waals surface area contributed by atoms with Crippen molar-refractivity contribution in [3.05, 3.63) is 17.5 Å². The second-order valence-electron chi connectivity index (χ2n) is 3.41. The van der Waals surface area contributed by atoms with E-state index in [9.17, 15) is 5.11 Å². The van der Waals surface area contributed by atoms with Crippen LogP contribution in [0, 0.1) is 0 Å². The number of β-amino-alcohol motifs (C(OH)–C–C–N with tert-alkyl or cyclic N) is 1. The van der Waals surface area contributed by atoms with Crippen LogP contribution in [0.2, 0.25) is 5.15 Å². The predicted molar refractivity (Wildman–Crippen MR) is 54.5 cm³/mol. The van der Waals surface area contributed by atoms with Gasteiger partial charge < -0.3 is 10.0 Å². The van der Waals surface area contributed by atoms with E-state index in [0.29, 0.717) is 17.5 Å². The third-order valence-corrected chi connectivity index (χ3v) is 2.60. The number of rotatable bonds is 1. The van der Waals surface area contributed by atoms with Crippen LogP contribution in [0.1, 0.15) is 12.8 Å². The van der Waals surface area contributed by atoms with E-state index in [4.69, 9.17) is 11.6 Å². The molecule has 1 aromatic rings. The van der Waals surface area contributed by atoms with Gasteiger partial charge >= 0.3 is 0 Å². The lowest BCUT2D eigenvalue weighted by Gasteiger charge is -2.30. The van der Waals surface area contributed by atoms with Crippen molar-refractivity contribution in [3.63, 3.8) is 0 Å². The summed E-state index contributed by atoms with van der Waals surface area (Å²) in [7, 11) is 0. The smallest absolute Gasteiger partial charge is 0.171 e. The summed E-state index contributed by atoms with van der Waals surface area (Å²) in [6.45, 7) is 1.48. The lowest BCUT2D eigenvalue weighted by molar-refractivity contribution is 0.154. The summed E-state index contributed by atoms with van der Waals surface area (Å²) in [5.74, 6) is 0.674. The van der Waals surface area contributed by atoms with Gasteiger partial charge in [0.15, 0.2) is 11.0 Å². The summed E-state index contributed by atoms with van der Waals surface area (Å²) < 4.78 is 0. The molecule has 0 saturated carbocycles. The molecule has 0 radical (unpaired) electrons. The zero-order valence-corrected chi connectivity index (χ0v) is 8.48. The van der Waals surface area contributed by atoms with Gasteiger partial charge in [0.2, 0.25) is 0 Å². The zero-order valence-electron chi connectivity index (χ0n) is 7.73. The molecule has 1 N–H and O–H groups in total. The van der Waals surface area contributed by atoms with E-state index >= 15 is 0 Å². The maximum absolute atomic E-state index is 9.50. The third-order valence-electron chi connectivity index (χ3n) is 2.33. The quantitative estimate of drug-likeness (QED) is 0.759. The highest BCUT2D eigenvalue weighted by Crippen LogP contribution is 2.23. The molecule has 1 fully saturated rings. The summed E-state index contributed by atoms with van der Waals surface area (Å²) in [6, 6.07) is 0. The number of aliphatic hydroxyl groups excluding tert-OH is 1. The second kappa shape index (κ2) is 4.11. The second-order valence-corrected chi connectivity index (χ2v) is 3.77. The Hall–Kier alpha value is -0.870. The fourth-order valence-corrected chi connectivity index (χ4v) is 1.90. The number of piperidine rings is 1. The fourth-order valence-electron chi connectivity index (χ4n) is 1.67. The Morgan fingerprint density at radius 1 is 1.43 bits per heavy atom. The van der Waals surface area contributed by atoms with Crippen LogP contribution in [0.25, 0.3) is 0 Å². The first-order valence-electron chi connectivity index (χ1n) is 4.67. The standard InChI is InChI=1S/C9H12ClN3O/c10-8-9(12-4-3-11-8)13-5-1-2-7(14)6-13/h3-4,7,14H,1-2,5-6H2/t7-/m1/s1. The van der Waals surface area contributed by atoms with Gasteiger partial charge in [-0.05, 0) is 12.8 Å². The Balaban J connectivity index is 2.18. The molecule has 0 amide bonds. The van der Waals surface area contributed by atoms with Crippen molar-refractivity contribution in [2.45, 2.75) is 18.9 Å². The average molecular weight is 214 g/mol. The molecule has 2 heterocycles. The Morgan fingerprint density at radius 2 is 2.21 bits per heavy atom. The molecule has 0 aliphatic carbocycles. The molecule has 14 heavy (non-hydrogen) atoms. The highest BCUT2D eigenvalue weighted by molar-refractivity contribution is 6.31. The fraction of sp³-hybridized carbons (Fsp3) is 0.556. The highest BCUT2D eigenvalue weighted by atomic mass is 35.5. The van der Waals surface area contributed by atoms with Crippen LogP contribution in [0.4, 0.5) is 5.82 Å². The van der Waals surface area contributed by atoms with Gasteiger partial charge in [0, 0.05) is 25.5 Å². The first-order valence-corrected chi connectivity index (χ1v) is 5.04. The molecule has 4 nitrogen and oxygen atoms in total. The Morgan fingerprint density at radius 3 is 2.93 bits per heavy atom. The van der Waals surface area contributed by atoms with Crippen LogP contribution in [0.3, 0.4) is 0 Å². The van der Waals surface area contributed by atoms with Crippen LogP contribution >= 0.6 is 11.6 Å². The minimum Gasteiger partial charge on any atom is -0.391 e. The minimum atomic E-state index is -0.276. The lowest BCUT2D eigenvalue weighted by Crippen LogP contribution is -2.38. The number of nitrogens with zero attached hydrogens (tertiary/aromatic N) is 3. The monoisotopic (exact) mass is 213 g/mol. The summed E-state index contributed by atoms with van der Waals surface area (Å²) in [4.78, 5) is 10.1. The molecule has 1 aromatic heterocycles. The number of hydrogen-bond acceptors (Lipinski definition) is 4. The normalized spacial score (nSPS) is 22.4. The van der Waals surface area contributed by atoms with Crippen LogP contribution in [0.5, 0.6) is 0 Å². The number of halogens is 1. The molecule has 1 atom stereocenters. The van der Waals surface area contributed by atoms with Gasteiger partial charge in [-0.3, -0.25) is 0 Å². The van der Waals surface area contributed by atoms with E-state index in [-0.39, 0.29) is 6.10 Å². The summed E-state index contributed by atoms with van der Waals surface area (Å²) in [5, 5.41) is 9.90. The van der Waals surface area contributed by atoms with Crippen molar-refractivity contribution in [3.8, 4) is 0 Å². The van der Waals surface area contributed by atoms with E-state index in [1.165, 1.54) is 0 Å². The van der Waals surface area contributed by atoms with E-state index in [2.05, 4.69) is 9.97 Å². The van der Waals surface area contributed by atoms with Crippen molar-refractivity contribution >= 4 is 17.4 Å². The van der Waals surface area contributed by atoms with Crippen molar-refractivity contribution < 1.29 is 5.11 Å². The van der Waals surface area contributed by atoms with Gasteiger partial charge in [-0.1, -0.05) is 11.6 Å². The summed E-state index contributed by atoms with van der Waals surface area (Å²) >= 11 is 5.91. The summed E-state index contributed by atoms with van der Waals surface area (Å²) in [5.41, 5.74) is 0. The van der Waals surface area contributed by atoms with E-state index < -0.39 is 0 Å². The van der Waals surface area contributed by atoms with Crippen LogP contribution in [-0.2, 0) is 0 Å². The predicted octanol–water partition coefficient (Wildman–Crippen LogP) is 1.09. The van der Waals surface area contributed by atoms with Crippen LogP contribution < -0.4 is 4.90 Å². The van der Waals surface area contributed by atoms with Crippen LogP contribution in [-0.4, -0.2) is 34.3 Å². The van der Waals surface area contributed by atoms with Gasteiger partial charge in [-0.2, -0.15) is 0 Å². The molecule has 1 aliphatic rings. The average Bonchev–Trinajstić information content (AvgIpc) is 2.18. The SMILES string of the molecule is O[C@@H]1CCCN(c2nccnc2Cl)C1. The Labute approximate surface area is 87.5 Å². The molecule has 0 bridgehead atoms. The summed E-state index contributed by atoms with van der Waals surface area (Å²) in [6.07, 6.45) is 4.72. The van der Waals surface area contributed by atoms with Gasteiger partial charge in [0.25, 0.3) is 0 Å². The zero-order chi connectivity index (χ0) is 9.97. The number of anilines is 1. The number of aliphatic hydroxyl groups is 1. The lowest BCUT2D eigenvalue weighted by atomic mass is 10.1. The molecule has 1 saturated heterocycles. The van der Waals surface area contributed by atoms with Crippen LogP contribution in [0.15, 0.2) is 12.4 Å². The molecule has 0 unspecified atom stereocenters. The first-order chi connectivity index (χ1) is 6.77. The van der Waals surface area contributed by atoms with Gasteiger partial charge in [-0.15, -0.1) is 0 Å². The molecule has 1 aliphatic heterocycles. The maximum Gasteiger partial charge on any atom is 0.171 e. The van der Waals surface area contributed by atoms with Gasteiger partial charge in [0.1, 0.15) is 0 Å². The Kier molecular flexibility index (Phi) is 2.84. The topological polar surface area (TPSA) is 49.2 Å². The van der Waals surface area contributed by atoms with Crippen molar-refractivity contribution in [2.75, 3.05) is 18.0 Å². The van der Waals surface area contributed by atoms with Gasteiger partial charge in [0.05, 0.1) is 6.10 Å². The van der Waals surface area contributed by atoms with E-state index in [0.717, 1.165) is 19.4 Å². The highest BCUT2D eigenvalue weighted by Gasteiger charge is 2.20. The van der Waals surface area contributed by atoms with Gasteiger partial charge in [-0.25, -0.2) is 9.97 Å². The number of aromatic nitrogens is 2. The molecule has 5 heteroatoms. The van der Waals surface area contributed by atoms with Crippen molar-refractivity contribution in [1.29, 1.82) is 0 Å². The molecule has 0 aromatic carbocycles. The van der Waals surface area contributed by atoms with Crippen molar-refractivity contribution in [2.24, 2.45) is 0 Å². The van der Waals surface area contributed by atoms with E-state index in [1.54, 1.807) is 12.4 Å². The molecular weight excluding hydrogens is 202 g/mol. The molecule has 76 valence electrons. The third kappa shape index (κ3) is 1.96. The number of hydrogen-bond donors (Lipinski definition) is 1. The molecule has 0 spiro atoms. The van der Waals surface area contributed by atoms with E-state index in [1.807, 2.05) is 4.90 Å². The maximum atomic E-state index is 9.50. The molecule has 2 rings (SSSR count). The molecular formula is C9H12ClN3O. The van der Waals surface area contributed by atoms with Crippen molar-refractivity contribution in [1.82, 2.24) is 9.97 Å². The largest absolute Gasteiger partial charge is 0.391 e. The minimum absolute atomic E-state index is 0.276. The first kappa shape index (κ1) is 9.68. The Bertz CT molecular complexity index is 321.